The SMILES string of the molecule is CC1(C)CCn2c(nc(-c3ccncn3)cc2=O)N1C[C@@H](O)c1ccc(Cl)cc1Cl. The monoisotopic (exact) mass is 445 g/mol. The molecule has 1 N–H and O–H groups in total. The molecule has 0 amide bonds. The summed E-state index contributed by atoms with van der Waals surface area (Å²) in [6, 6.07) is 8.20. The normalized spacial score (nSPS) is 16.2. The van der Waals surface area contributed by atoms with Crippen molar-refractivity contribution in [1.82, 2.24) is 19.5 Å². The average molecular weight is 446 g/mol. The Bertz CT molecular complexity index is 1130. The smallest absolute Gasteiger partial charge is 0.255 e. The predicted octanol–water partition coefficient (Wildman–Crippen LogP) is 3.73. The highest BCUT2D eigenvalue weighted by Crippen LogP contribution is 2.34. The summed E-state index contributed by atoms with van der Waals surface area (Å²) in [7, 11) is 0. The zero-order chi connectivity index (χ0) is 21.5. The molecule has 1 aliphatic heterocycles. The van der Waals surface area contributed by atoms with Crippen molar-refractivity contribution < 1.29 is 5.11 Å². The summed E-state index contributed by atoms with van der Waals surface area (Å²) in [6.07, 6.45) is 2.87. The Hall–Kier alpha value is -2.48. The first-order valence-corrected chi connectivity index (χ1v) is 10.3. The van der Waals surface area contributed by atoms with E-state index in [0.717, 1.165) is 6.42 Å². The third-order valence-corrected chi connectivity index (χ3v) is 5.99. The van der Waals surface area contributed by atoms with Gasteiger partial charge in [0.1, 0.15) is 6.33 Å². The van der Waals surface area contributed by atoms with Crippen LogP contribution < -0.4 is 10.5 Å². The Balaban J connectivity index is 1.76. The standard InChI is InChI=1S/C21H21Cl2N5O2/c1-21(2)6-8-27-19(30)10-17(16-5-7-24-12-25-16)26-20(27)28(21)11-18(29)14-4-3-13(22)9-15(14)23/h3-5,7,9-10,12,18,29H,6,8,11H2,1-2H3/t18-/m1/s1. The van der Waals surface area contributed by atoms with Crippen LogP contribution in [0.25, 0.3) is 11.4 Å². The molecule has 1 atom stereocenters. The third-order valence-electron chi connectivity index (χ3n) is 5.43. The first-order chi connectivity index (χ1) is 14.3. The number of hydrogen-bond donors (Lipinski definition) is 1. The van der Waals surface area contributed by atoms with Crippen molar-refractivity contribution in [3.05, 3.63) is 68.8 Å². The molecular formula is C21H21Cl2N5O2. The Morgan fingerprint density at radius 3 is 2.70 bits per heavy atom. The molecule has 0 fully saturated rings. The van der Waals surface area contributed by atoms with Crippen molar-refractivity contribution >= 4 is 29.2 Å². The quantitative estimate of drug-likeness (QED) is 0.658. The second kappa shape index (κ2) is 7.98. The summed E-state index contributed by atoms with van der Waals surface area (Å²) in [6.45, 7) is 4.90. The summed E-state index contributed by atoms with van der Waals surface area (Å²) < 4.78 is 1.63. The molecule has 4 rings (SSSR count). The first kappa shape index (κ1) is 20.8. The number of aromatic nitrogens is 4. The number of halogens is 2. The van der Waals surface area contributed by atoms with Crippen molar-refractivity contribution in [2.75, 3.05) is 11.4 Å². The summed E-state index contributed by atoms with van der Waals surface area (Å²) >= 11 is 12.3. The Morgan fingerprint density at radius 1 is 1.20 bits per heavy atom. The summed E-state index contributed by atoms with van der Waals surface area (Å²) in [5, 5.41) is 11.8. The van der Waals surface area contributed by atoms with Gasteiger partial charge in [0, 0.05) is 40.0 Å². The van der Waals surface area contributed by atoms with Gasteiger partial charge >= 0.3 is 0 Å². The van der Waals surface area contributed by atoms with E-state index in [1.54, 1.807) is 35.0 Å². The van der Waals surface area contributed by atoms with Crippen LogP contribution in [-0.2, 0) is 6.54 Å². The van der Waals surface area contributed by atoms with Gasteiger partial charge in [0.05, 0.1) is 24.0 Å². The molecule has 156 valence electrons. The molecular weight excluding hydrogens is 425 g/mol. The van der Waals surface area contributed by atoms with Crippen LogP contribution in [0.5, 0.6) is 0 Å². The molecule has 0 aliphatic carbocycles. The van der Waals surface area contributed by atoms with Crippen LogP contribution in [0.15, 0.2) is 47.7 Å². The molecule has 3 aromatic rings. The van der Waals surface area contributed by atoms with Gasteiger partial charge in [0.25, 0.3) is 5.56 Å². The Labute approximate surface area is 184 Å². The highest BCUT2D eigenvalue weighted by atomic mass is 35.5. The van der Waals surface area contributed by atoms with Crippen LogP contribution in [0, 0.1) is 0 Å². The largest absolute Gasteiger partial charge is 0.387 e. The molecule has 1 aliphatic rings. The van der Waals surface area contributed by atoms with Crippen LogP contribution in [0.3, 0.4) is 0 Å². The topological polar surface area (TPSA) is 84.1 Å². The van der Waals surface area contributed by atoms with Gasteiger partial charge in [0.2, 0.25) is 5.95 Å². The van der Waals surface area contributed by atoms with Crippen molar-refractivity contribution in [2.45, 2.75) is 38.5 Å². The van der Waals surface area contributed by atoms with Crippen LogP contribution in [0.1, 0.15) is 31.9 Å². The maximum Gasteiger partial charge on any atom is 0.255 e. The zero-order valence-electron chi connectivity index (χ0n) is 16.6. The Morgan fingerprint density at radius 2 is 2.00 bits per heavy atom. The number of aliphatic hydroxyl groups excluding tert-OH is 1. The van der Waals surface area contributed by atoms with Crippen molar-refractivity contribution in [1.29, 1.82) is 0 Å². The molecule has 9 heteroatoms. The number of benzene rings is 1. The molecule has 0 saturated carbocycles. The number of β-amino-alcohol motifs (C(OH)–C–C–N with tert-alkyl or cyclic N) is 1. The fourth-order valence-electron chi connectivity index (χ4n) is 3.65. The van der Waals surface area contributed by atoms with Gasteiger partial charge in [0.15, 0.2) is 0 Å². The highest BCUT2D eigenvalue weighted by molar-refractivity contribution is 6.35. The van der Waals surface area contributed by atoms with Crippen molar-refractivity contribution in [3.8, 4) is 11.4 Å². The van der Waals surface area contributed by atoms with Gasteiger partial charge in [-0.2, -0.15) is 0 Å². The number of nitrogens with zero attached hydrogens (tertiary/aromatic N) is 5. The lowest BCUT2D eigenvalue weighted by Crippen LogP contribution is -2.53. The molecule has 0 unspecified atom stereocenters. The van der Waals surface area contributed by atoms with E-state index in [1.165, 1.54) is 12.4 Å². The number of hydrogen-bond acceptors (Lipinski definition) is 6. The van der Waals surface area contributed by atoms with Crippen LogP contribution in [0.2, 0.25) is 10.0 Å². The molecule has 0 radical (unpaired) electrons. The van der Waals surface area contributed by atoms with Crippen molar-refractivity contribution in [3.63, 3.8) is 0 Å². The first-order valence-electron chi connectivity index (χ1n) is 9.55. The maximum absolute atomic E-state index is 12.8. The summed E-state index contributed by atoms with van der Waals surface area (Å²) in [5.74, 6) is 0.497. The van der Waals surface area contributed by atoms with E-state index >= 15 is 0 Å². The molecule has 1 aromatic carbocycles. The fourth-order valence-corrected chi connectivity index (χ4v) is 4.18. The Kier molecular flexibility index (Phi) is 5.53. The van der Waals surface area contributed by atoms with Gasteiger partial charge in [-0.25, -0.2) is 15.0 Å². The van der Waals surface area contributed by atoms with E-state index in [-0.39, 0.29) is 17.6 Å². The van der Waals surface area contributed by atoms with E-state index in [9.17, 15) is 9.90 Å². The summed E-state index contributed by atoms with van der Waals surface area (Å²) in [4.78, 5) is 27.6. The fraction of sp³-hybridized carbons (Fsp3) is 0.333. The molecule has 0 bridgehead atoms. The van der Waals surface area contributed by atoms with E-state index in [4.69, 9.17) is 28.2 Å². The van der Waals surface area contributed by atoms with Gasteiger partial charge in [-0.05, 0) is 38.5 Å². The van der Waals surface area contributed by atoms with E-state index in [1.807, 2.05) is 4.90 Å². The van der Waals surface area contributed by atoms with Crippen LogP contribution >= 0.6 is 23.2 Å². The number of aliphatic hydroxyl groups is 1. The minimum atomic E-state index is -0.889. The number of rotatable bonds is 4. The lowest BCUT2D eigenvalue weighted by molar-refractivity contribution is 0.169. The van der Waals surface area contributed by atoms with Crippen LogP contribution in [0.4, 0.5) is 5.95 Å². The lowest BCUT2D eigenvalue weighted by atomic mass is 9.95. The van der Waals surface area contributed by atoms with Gasteiger partial charge in [-0.1, -0.05) is 29.3 Å². The van der Waals surface area contributed by atoms with E-state index in [0.29, 0.717) is 39.5 Å². The van der Waals surface area contributed by atoms with Crippen molar-refractivity contribution in [2.24, 2.45) is 0 Å². The second-order valence-electron chi connectivity index (χ2n) is 7.88. The maximum atomic E-state index is 12.8. The minimum absolute atomic E-state index is 0.159. The van der Waals surface area contributed by atoms with Gasteiger partial charge in [-0.3, -0.25) is 9.36 Å². The molecule has 30 heavy (non-hydrogen) atoms. The predicted molar refractivity (Wildman–Crippen MR) is 117 cm³/mol. The molecule has 2 aromatic heterocycles. The van der Waals surface area contributed by atoms with Crippen LogP contribution in [-0.4, -0.2) is 36.7 Å². The average Bonchev–Trinajstić information content (AvgIpc) is 2.70. The molecule has 7 nitrogen and oxygen atoms in total. The highest BCUT2D eigenvalue weighted by Gasteiger charge is 2.36. The van der Waals surface area contributed by atoms with Gasteiger partial charge < -0.3 is 10.0 Å². The molecule has 0 spiro atoms. The summed E-state index contributed by atoms with van der Waals surface area (Å²) in [5.41, 5.74) is 1.12. The van der Waals surface area contributed by atoms with E-state index < -0.39 is 6.10 Å². The second-order valence-corrected chi connectivity index (χ2v) is 8.72. The minimum Gasteiger partial charge on any atom is -0.387 e. The third kappa shape index (κ3) is 3.93. The lowest BCUT2D eigenvalue weighted by Gasteiger charge is -2.45. The van der Waals surface area contributed by atoms with E-state index in [2.05, 4.69) is 23.8 Å². The molecule has 3 heterocycles. The zero-order valence-corrected chi connectivity index (χ0v) is 18.1. The molecule has 0 saturated heterocycles. The van der Waals surface area contributed by atoms with Gasteiger partial charge in [-0.15, -0.1) is 0 Å². The number of fused-ring (bicyclic) bond motifs is 1. The number of anilines is 1.